The lowest BCUT2D eigenvalue weighted by Crippen LogP contribution is -2.68. The Morgan fingerprint density at radius 3 is 2.27 bits per heavy atom. The van der Waals surface area contributed by atoms with Gasteiger partial charge in [0.15, 0.2) is 0 Å². The van der Waals surface area contributed by atoms with E-state index in [1.807, 2.05) is 14.1 Å². The fraction of sp³-hybridized carbons (Fsp3) is 0.438. The number of sulfonamides is 1. The molecule has 2 aliphatic heterocycles. The molecule has 0 radical (unpaired) electrons. The van der Waals surface area contributed by atoms with E-state index in [4.69, 9.17) is 0 Å². The summed E-state index contributed by atoms with van der Waals surface area (Å²) in [5.74, 6) is 0.0544. The second kappa shape index (κ2) is 11.5. The summed E-state index contributed by atoms with van der Waals surface area (Å²) >= 11 is 0. The molecule has 2 heterocycles. The molecule has 3 aromatic carbocycles. The van der Waals surface area contributed by atoms with Gasteiger partial charge in [0, 0.05) is 37.6 Å². The molecule has 220 valence electrons. The van der Waals surface area contributed by atoms with E-state index in [1.54, 1.807) is 0 Å². The molecule has 0 N–H and O–H groups in total. The third-order valence-electron chi connectivity index (χ3n) is 8.72. The van der Waals surface area contributed by atoms with Gasteiger partial charge in [0.25, 0.3) is 0 Å². The fourth-order valence-electron chi connectivity index (χ4n) is 6.51. The van der Waals surface area contributed by atoms with Crippen molar-refractivity contribution < 1.29 is 21.6 Å². The molecule has 41 heavy (non-hydrogen) atoms. The van der Waals surface area contributed by atoms with Gasteiger partial charge in [0.2, 0.25) is 10.0 Å². The first-order valence-electron chi connectivity index (χ1n) is 14.1. The Bertz CT molecular complexity index is 1490. The zero-order valence-corrected chi connectivity index (χ0v) is 24.8. The highest BCUT2D eigenvalue weighted by Gasteiger charge is 2.51. The maximum absolute atomic E-state index is 13.8. The third kappa shape index (κ3) is 5.82. The molecule has 2 fully saturated rings. The number of nitrogens with zero attached hydrogens (tertiary/aromatic N) is 3. The largest absolute Gasteiger partial charge is 0.417 e. The monoisotopic (exact) mass is 585 g/mol. The van der Waals surface area contributed by atoms with Gasteiger partial charge in [-0.05, 0) is 87.3 Å². The standard InChI is InChI=1S/C32H38F3N3O2S/c1-22-10-9-11-26(23(22)2)24-14-16-25(17-15-24)31-28(20-36(3)4)38-19-8-7-18-37(21-29(31)38)41(39,40)30-13-6-5-12-27(30)32(33,34)35/h5-6,9-17,28-29,31H,7-8,18-21H2,1-4H3/t28-,29?,31-/m1/s1. The van der Waals surface area contributed by atoms with Crippen LogP contribution in [0.5, 0.6) is 0 Å². The second-order valence-corrected chi connectivity index (χ2v) is 13.5. The van der Waals surface area contributed by atoms with Gasteiger partial charge >= 0.3 is 6.18 Å². The minimum Gasteiger partial charge on any atom is -0.308 e. The van der Waals surface area contributed by atoms with Crippen LogP contribution < -0.4 is 0 Å². The quantitative estimate of drug-likeness (QED) is 0.347. The van der Waals surface area contributed by atoms with Crippen molar-refractivity contribution in [3.05, 3.63) is 89.0 Å². The van der Waals surface area contributed by atoms with Gasteiger partial charge in [0.05, 0.1) is 10.5 Å². The molecule has 3 atom stereocenters. The molecular formula is C32H38F3N3O2S. The molecule has 0 aromatic heterocycles. The molecule has 0 spiro atoms. The highest BCUT2D eigenvalue weighted by molar-refractivity contribution is 7.89. The van der Waals surface area contributed by atoms with Crippen LogP contribution in [0.1, 0.15) is 41.0 Å². The number of fused-ring (bicyclic) bond motifs is 1. The average Bonchev–Trinajstić information content (AvgIpc) is 2.91. The van der Waals surface area contributed by atoms with Gasteiger partial charge in [-0.15, -0.1) is 0 Å². The molecule has 0 saturated carbocycles. The Morgan fingerprint density at radius 1 is 0.902 bits per heavy atom. The van der Waals surface area contributed by atoms with Crippen molar-refractivity contribution in [3.63, 3.8) is 0 Å². The Kier molecular flexibility index (Phi) is 8.36. The second-order valence-electron chi connectivity index (χ2n) is 11.6. The predicted molar refractivity (Wildman–Crippen MR) is 156 cm³/mol. The topological polar surface area (TPSA) is 43.9 Å². The molecule has 0 amide bonds. The summed E-state index contributed by atoms with van der Waals surface area (Å²) in [6.45, 7) is 6.23. The highest BCUT2D eigenvalue weighted by atomic mass is 32.2. The van der Waals surface area contributed by atoms with Crippen molar-refractivity contribution in [2.75, 3.05) is 40.3 Å². The number of aryl methyl sites for hydroxylation is 1. The minimum absolute atomic E-state index is 0.0544. The summed E-state index contributed by atoms with van der Waals surface area (Å²) in [5, 5.41) is 0. The summed E-state index contributed by atoms with van der Waals surface area (Å²) in [4.78, 5) is 3.84. The Labute approximate surface area is 241 Å². The first-order valence-corrected chi connectivity index (χ1v) is 15.6. The van der Waals surface area contributed by atoms with E-state index in [-0.39, 0.29) is 31.1 Å². The molecule has 5 nitrogen and oxygen atoms in total. The van der Waals surface area contributed by atoms with E-state index in [9.17, 15) is 21.6 Å². The normalized spacial score (nSPS) is 22.6. The van der Waals surface area contributed by atoms with Crippen molar-refractivity contribution >= 4 is 10.0 Å². The smallest absolute Gasteiger partial charge is 0.308 e. The number of rotatable bonds is 6. The zero-order valence-electron chi connectivity index (χ0n) is 24.0. The van der Waals surface area contributed by atoms with E-state index < -0.39 is 26.7 Å². The summed E-state index contributed by atoms with van der Waals surface area (Å²) in [7, 11) is -0.298. The summed E-state index contributed by atoms with van der Waals surface area (Å²) in [6.07, 6.45) is -3.38. The third-order valence-corrected chi connectivity index (χ3v) is 10.6. The van der Waals surface area contributed by atoms with Crippen molar-refractivity contribution in [1.29, 1.82) is 0 Å². The SMILES string of the molecule is Cc1cccc(-c2ccc([C@H]3C4CN(S(=O)(=O)c5ccccc5C(F)(F)F)CCCCN4[C@@H]3CN(C)C)cc2)c1C. The van der Waals surface area contributed by atoms with Crippen molar-refractivity contribution in [2.24, 2.45) is 0 Å². The Hall–Kier alpha value is -2.72. The molecule has 0 bridgehead atoms. The van der Waals surface area contributed by atoms with E-state index in [0.717, 1.165) is 42.8 Å². The molecule has 5 rings (SSSR count). The fourth-order valence-corrected chi connectivity index (χ4v) is 8.22. The summed E-state index contributed by atoms with van der Waals surface area (Å²) < 4.78 is 70.2. The van der Waals surface area contributed by atoms with Gasteiger partial charge in [-0.2, -0.15) is 17.5 Å². The number of hydrogen-bond donors (Lipinski definition) is 0. The summed E-state index contributed by atoms with van der Waals surface area (Å²) in [6, 6.07) is 19.4. The Balaban J connectivity index is 1.49. The number of likely N-dealkylation sites (N-methyl/N-ethyl adjacent to an activating group) is 1. The molecule has 1 unspecified atom stereocenters. The van der Waals surface area contributed by atoms with E-state index in [2.05, 4.69) is 66.1 Å². The molecule has 2 saturated heterocycles. The van der Waals surface area contributed by atoms with Crippen LogP contribution in [0.4, 0.5) is 13.2 Å². The van der Waals surface area contributed by atoms with Crippen LogP contribution >= 0.6 is 0 Å². The predicted octanol–water partition coefficient (Wildman–Crippen LogP) is 6.17. The lowest BCUT2D eigenvalue weighted by molar-refractivity contribution is -0.139. The van der Waals surface area contributed by atoms with Gasteiger partial charge in [-0.25, -0.2) is 8.42 Å². The van der Waals surface area contributed by atoms with Crippen LogP contribution in [0.2, 0.25) is 0 Å². The van der Waals surface area contributed by atoms with Gasteiger partial charge in [0.1, 0.15) is 0 Å². The number of halogens is 3. The van der Waals surface area contributed by atoms with Crippen LogP contribution in [0.25, 0.3) is 11.1 Å². The lowest BCUT2D eigenvalue weighted by atomic mass is 9.73. The molecular weight excluding hydrogens is 547 g/mol. The highest BCUT2D eigenvalue weighted by Crippen LogP contribution is 2.44. The first-order chi connectivity index (χ1) is 19.4. The molecule has 9 heteroatoms. The van der Waals surface area contributed by atoms with E-state index in [1.165, 1.54) is 33.1 Å². The van der Waals surface area contributed by atoms with E-state index in [0.29, 0.717) is 6.42 Å². The van der Waals surface area contributed by atoms with Crippen LogP contribution in [0.15, 0.2) is 71.6 Å². The van der Waals surface area contributed by atoms with Crippen LogP contribution in [-0.2, 0) is 16.2 Å². The van der Waals surface area contributed by atoms with Gasteiger partial charge in [-0.1, -0.05) is 54.6 Å². The molecule has 3 aromatic rings. The summed E-state index contributed by atoms with van der Waals surface area (Å²) in [5.41, 5.74) is 4.79. The Morgan fingerprint density at radius 2 is 1.59 bits per heavy atom. The molecule has 0 aliphatic carbocycles. The van der Waals surface area contributed by atoms with Crippen molar-refractivity contribution in [3.8, 4) is 11.1 Å². The maximum Gasteiger partial charge on any atom is 0.417 e. The van der Waals surface area contributed by atoms with Crippen molar-refractivity contribution in [1.82, 2.24) is 14.1 Å². The molecule has 2 aliphatic rings. The van der Waals surface area contributed by atoms with Gasteiger partial charge in [-0.3, -0.25) is 4.90 Å². The van der Waals surface area contributed by atoms with Crippen molar-refractivity contribution in [2.45, 2.75) is 55.8 Å². The van der Waals surface area contributed by atoms with Crippen LogP contribution in [0.3, 0.4) is 0 Å². The lowest BCUT2D eigenvalue weighted by Gasteiger charge is -2.58. The number of alkyl halides is 3. The first kappa shape index (κ1) is 29.8. The van der Waals surface area contributed by atoms with Crippen LogP contribution in [0, 0.1) is 13.8 Å². The number of benzene rings is 3. The minimum atomic E-state index is -4.76. The van der Waals surface area contributed by atoms with Crippen LogP contribution in [-0.4, -0.2) is 74.9 Å². The van der Waals surface area contributed by atoms with E-state index >= 15 is 0 Å². The maximum atomic E-state index is 13.8. The van der Waals surface area contributed by atoms with Gasteiger partial charge < -0.3 is 4.90 Å². The zero-order chi connectivity index (χ0) is 29.5. The number of hydrogen-bond acceptors (Lipinski definition) is 4. The average molecular weight is 586 g/mol.